The Morgan fingerprint density at radius 1 is 1.36 bits per heavy atom. The van der Waals surface area contributed by atoms with Gasteiger partial charge < -0.3 is 20.5 Å². The molecule has 0 fully saturated rings. The highest BCUT2D eigenvalue weighted by atomic mass is 35.5. The number of benzene rings is 1. The summed E-state index contributed by atoms with van der Waals surface area (Å²) in [6.45, 7) is 6.18. The molecule has 1 aliphatic heterocycles. The number of hydrogen-bond donors (Lipinski definition) is 2. The van der Waals surface area contributed by atoms with Crippen LogP contribution in [0.25, 0.3) is 10.9 Å². The van der Waals surface area contributed by atoms with Gasteiger partial charge in [-0.05, 0) is 60.2 Å². The maximum Gasteiger partial charge on any atom is 0.210 e. The number of amides is 1. The number of carbonyl (C=O) groups excluding carboxylic acids is 1. The summed E-state index contributed by atoms with van der Waals surface area (Å²) in [5.41, 5.74) is 4.04. The molecular formula is C28H36ClN5O2. The van der Waals surface area contributed by atoms with Crippen molar-refractivity contribution in [2.45, 2.75) is 45.6 Å². The predicted molar refractivity (Wildman–Crippen MR) is 146 cm³/mol. The van der Waals surface area contributed by atoms with Gasteiger partial charge >= 0.3 is 0 Å². The van der Waals surface area contributed by atoms with E-state index in [1.54, 1.807) is 9.69 Å². The molecule has 0 bridgehead atoms. The number of ether oxygens (including phenoxy) is 1. The highest BCUT2D eigenvalue weighted by molar-refractivity contribution is 6.31. The summed E-state index contributed by atoms with van der Waals surface area (Å²) in [4.78, 5) is 13.9. The Bertz CT molecular complexity index is 1210. The van der Waals surface area contributed by atoms with Crippen LogP contribution in [0, 0.1) is 5.92 Å². The topological polar surface area (TPSA) is 89.8 Å². The third kappa shape index (κ3) is 5.63. The standard InChI is InChI=1S/C28H36ClN5O2/c1-3-20(2)11-15-33(30)13-6-16-36-23-8-5-4-7-21(17-23)27-28-24(12-14-32(27)19-35)25-18-22(29)9-10-26(25)34(28)31/h4-5,8-11,15,17-20,27H,3,6-7,12-14,16,30-31H2,1-2H3/b15-11-. The number of nitrogens with two attached hydrogens (primary N) is 2. The van der Waals surface area contributed by atoms with Crippen LogP contribution in [0.1, 0.15) is 50.4 Å². The van der Waals surface area contributed by atoms with E-state index in [9.17, 15) is 4.79 Å². The van der Waals surface area contributed by atoms with E-state index in [0.29, 0.717) is 37.1 Å². The molecule has 36 heavy (non-hydrogen) atoms. The zero-order chi connectivity index (χ0) is 25.7. The second-order valence-corrected chi connectivity index (χ2v) is 9.91. The predicted octanol–water partition coefficient (Wildman–Crippen LogP) is 4.98. The highest BCUT2D eigenvalue weighted by Gasteiger charge is 2.34. The van der Waals surface area contributed by atoms with E-state index in [1.165, 1.54) is 0 Å². The van der Waals surface area contributed by atoms with E-state index in [0.717, 1.165) is 59.2 Å². The van der Waals surface area contributed by atoms with E-state index < -0.39 is 0 Å². The number of allylic oxidation sites excluding steroid dienone is 5. The zero-order valence-electron chi connectivity index (χ0n) is 21.1. The summed E-state index contributed by atoms with van der Waals surface area (Å²) in [5, 5.41) is 3.42. The van der Waals surface area contributed by atoms with Gasteiger partial charge in [-0.25, -0.2) is 5.84 Å². The molecule has 7 nitrogen and oxygen atoms in total. The number of carbonyl (C=O) groups is 1. The van der Waals surface area contributed by atoms with Crippen LogP contribution in [0.4, 0.5) is 0 Å². The van der Waals surface area contributed by atoms with E-state index in [4.69, 9.17) is 28.0 Å². The number of fused-ring (bicyclic) bond motifs is 3. The number of aromatic nitrogens is 1. The maximum atomic E-state index is 12.1. The van der Waals surface area contributed by atoms with Crippen LogP contribution in [0.5, 0.6) is 0 Å². The van der Waals surface area contributed by atoms with Crippen LogP contribution in [0.2, 0.25) is 5.02 Å². The zero-order valence-corrected chi connectivity index (χ0v) is 21.8. The van der Waals surface area contributed by atoms with Gasteiger partial charge in [0, 0.05) is 36.1 Å². The van der Waals surface area contributed by atoms with Gasteiger partial charge in [-0.1, -0.05) is 50.1 Å². The molecule has 2 aliphatic rings. The Morgan fingerprint density at radius 2 is 2.19 bits per heavy atom. The molecule has 192 valence electrons. The van der Waals surface area contributed by atoms with Gasteiger partial charge in [0.25, 0.3) is 0 Å². The number of hydrazine groups is 1. The van der Waals surface area contributed by atoms with Crippen LogP contribution in [0.15, 0.2) is 66.1 Å². The van der Waals surface area contributed by atoms with E-state index in [2.05, 4.69) is 26.0 Å². The van der Waals surface area contributed by atoms with Gasteiger partial charge in [0.1, 0.15) is 5.76 Å². The number of nitrogens with zero attached hydrogens (tertiary/aromatic N) is 3. The molecule has 2 aromatic rings. The first-order chi connectivity index (χ1) is 17.4. The molecule has 2 heterocycles. The van der Waals surface area contributed by atoms with Crippen molar-refractivity contribution < 1.29 is 9.53 Å². The SMILES string of the molecule is CCC(C)/C=C\N(N)CCCOC1=CC=CCC(C2c3c(c4cc(Cl)ccc4n3N)CCN2C=O)=C1. The Labute approximate surface area is 218 Å². The van der Waals surface area contributed by atoms with Gasteiger partial charge in [-0.2, -0.15) is 0 Å². The minimum Gasteiger partial charge on any atom is -0.494 e. The molecule has 2 atom stereocenters. The van der Waals surface area contributed by atoms with Gasteiger partial charge in [-0.3, -0.25) is 9.47 Å². The lowest BCUT2D eigenvalue weighted by Gasteiger charge is -2.35. The summed E-state index contributed by atoms with van der Waals surface area (Å²) in [7, 11) is 0. The Kier molecular flexibility index (Phi) is 8.44. The smallest absolute Gasteiger partial charge is 0.210 e. The average Bonchev–Trinajstić information content (AvgIpc) is 3.02. The number of halogens is 1. The van der Waals surface area contributed by atoms with Crippen molar-refractivity contribution in [1.29, 1.82) is 0 Å². The van der Waals surface area contributed by atoms with Crippen molar-refractivity contribution in [3.05, 3.63) is 82.4 Å². The van der Waals surface area contributed by atoms with Crippen LogP contribution in [0.3, 0.4) is 0 Å². The van der Waals surface area contributed by atoms with E-state index >= 15 is 0 Å². The second-order valence-electron chi connectivity index (χ2n) is 9.48. The summed E-state index contributed by atoms with van der Waals surface area (Å²) in [5.74, 6) is 13.9. The molecule has 0 spiro atoms. The fourth-order valence-corrected chi connectivity index (χ4v) is 4.98. The first-order valence-corrected chi connectivity index (χ1v) is 13.0. The van der Waals surface area contributed by atoms with Crippen molar-refractivity contribution in [2.24, 2.45) is 11.8 Å². The molecule has 1 aromatic heterocycles. The van der Waals surface area contributed by atoms with Gasteiger partial charge in [-0.15, -0.1) is 0 Å². The van der Waals surface area contributed by atoms with Crippen LogP contribution in [-0.2, 0) is 16.0 Å². The Balaban J connectivity index is 1.52. The monoisotopic (exact) mass is 509 g/mol. The molecule has 1 amide bonds. The highest BCUT2D eigenvalue weighted by Crippen LogP contribution is 2.41. The van der Waals surface area contributed by atoms with Crippen molar-refractivity contribution in [1.82, 2.24) is 14.6 Å². The van der Waals surface area contributed by atoms with Gasteiger partial charge in [0.15, 0.2) is 0 Å². The maximum absolute atomic E-state index is 12.1. The minimum absolute atomic E-state index is 0.276. The largest absolute Gasteiger partial charge is 0.494 e. The van der Waals surface area contributed by atoms with E-state index in [-0.39, 0.29) is 6.04 Å². The van der Waals surface area contributed by atoms with Crippen molar-refractivity contribution in [3.63, 3.8) is 0 Å². The Morgan fingerprint density at radius 3 is 2.97 bits per heavy atom. The third-order valence-corrected chi connectivity index (χ3v) is 7.20. The molecule has 8 heteroatoms. The third-order valence-electron chi connectivity index (χ3n) is 6.97. The molecule has 1 aromatic carbocycles. The molecule has 4 N–H and O–H groups in total. The molecule has 2 unspecified atom stereocenters. The number of rotatable bonds is 10. The molecule has 4 rings (SSSR count). The molecule has 1 aliphatic carbocycles. The lowest BCUT2D eigenvalue weighted by atomic mass is 9.91. The first-order valence-electron chi connectivity index (χ1n) is 12.6. The molecule has 0 saturated heterocycles. The fraction of sp³-hybridized carbons (Fsp3) is 0.393. The Hall–Kier alpha value is -3.16. The van der Waals surface area contributed by atoms with Crippen LogP contribution >= 0.6 is 11.6 Å². The fourth-order valence-electron chi connectivity index (χ4n) is 4.80. The summed E-state index contributed by atoms with van der Waals surface area (Å²) < 4.78 is 7.82. The average molecular weight is 510 g/mol. The van der Waals surface area contributed by atoms with E-state index in [1.807, 2.05) is 47.5 Å². The van der Waals surface area contributed by atoms with Crippen LogP contribution in [-0.4, -0.2) is 40.7 Å². The van der Waals surface area contributed by atoms with Gasteiger partial charge in [0.2, 0.25) is 6.41 Å². The molecule has 0 saturated carbocycles. The molecular weight excluding hydrogens is 474 g/mol. The normalized spacial score (nSPS) is 18.6. The van der Waals surface area contributed by atoms with Crippen molar-refractivity contribution in [2.75, 3.05) is 25.5 Å². The number of hydrogen-bond acceptors (Lipinski definition) is 5. The summed E-state index contributed by atoms with van der Waals surface area (Å²) in [6.07, 6.45) is 16.4. The minimum atomic E-state index is -0.276. The van der Waals surface area contributed by atoms with Crippen LogP contribution < -0.4 is 11.7 Å². The van der Waals surface area contributed by atoms with Crippen molar-refractivity contribution in [3.8, 4) is 0 Å². The lowest BCUT2D eigenvalue weighted by Crippen LogP contribution is -2.37. The summed E-state index contributed by atoms with van der Waals surface area (Å²) in [6, 6.07) is 5.47. The second kappa shape index (κ2) is 11.7. The quantitative estimate of drug-likeness (QED) is 0.204. The summed E-state index contributed by atoms with van der Waals surface area (Å²) >= 11 is 6.29. The lowest BCUT2D eigenvalue weighted by molar-refractivity contribution is -0.120. The molecule has 0 radical (unpaired) electrons. The van der Waals surface area contributed by atoms with Crippen molar-refractivity contribution >= 4 is 28.9 Å². The number of nitrogen functional groups attached to an aromatic ring is 1. The first kappa shape index (κ1) is 25.9. The van der Waals surface area contributed by atoms with Gasteiger partial charge in [0.05, 0.1) is 23.9 Å².